The maximum absolute atomic E-state index is 9.81. The molecule has 1 aliphatic heterocycles. The summed E-state index contributed by atoms with van der Waals surface area (Å²) in [4.78, 5) is 21.6. The standard InChI is InChI=1S/C46H27N5S/c47-28-29-14-20-40-42(26-29)52-41-13-7-6-12-39(41)46(40)37-11-5-4-10-35(37)36-27-34(19-21-38(36)46)45-50-43(32-8-2-1-3-9-32)49-44(51-45)33-17-15-30(16-18-33)31-22-24-48-25-23-31/h1-27H. The molecule has 2 aromatic heterocycles. The van der Waals surface area contributed by atoms with E-state index in [1.165, 1.54) is 32.7 Å². The average molecular weight is 682 g/mol. The van der Waals surface area contributed by atoms with Gasteiger partial charge in [0.2, 0.25) is 0 Å². The number of benzene rings is 6. The van der Waals surface area contributed by atoms with Crippen molar-refractivity contribution < 1.29 is 0 Å². The van der Waals surface area contributed by atoms with Gasteiger partial charge in [-0.15, -0.1) is 0 Å². The van der Waals surface area contributed by atoms with Crippen LogP contribution < -0.4 is 0 Å². The molecule has 0 bridgehead atoms. The Morgan fingerprint density at radius 1 is 0.442 bits per heavy atom. The average Bonchev–Trinajstić information content (AvgIpc) is 3.51. The van der Waals surface area contributed by atoms with Crippen molar-refractivity contribution in [2.45, 2.75) is 15.2 Å². The first-order chi connectivity index (χ1) is 25.7. The number of nitriles is 1. The Bertz CT molecular complexity index is 2720. The summed E-state index contributed by atoms with van der Waals surface area (Å²) in [6.45, 7) is 0. The lowest BCUT2D eigenvalue weighted by molar-refractivity contribution is 0.722. The molecule has 0 radical (unpaired) electrons. The molecule has 5 nitrogen and oxygen atoms in total. The van der Waals surface area contributed by atoms with Crippen molar-refractivity contribution in [1.82, 2.24) is 19.9 Å². The van der Waals surface area contributed by atoms with Gasteiger partial charge in [-0.3, -0.25) is 4.98 Å². The van der Waals surface area contributed by atoms with Gasteiger partial charge in [-0.1, -0.05) is 127 Å². The molecule has 0 saturated heterocycles. The van der Waals surface area contributed by atoms with E-state index in [4.69, 9.17) is 15.0 Å². The third-order valence-electron chi connectivity index (χ3n) is 10.2. The van der Waals surface area contributed by atoms with E-state index in [0.29, 0.717) is 23.0 Å². The van der Waals surface area contributed by atoms with Crippen LogP contribution in [0.2, 0.25) is 0 Å². The Morgan fingerprint density at radius 2 is 1.00 bits per heavy atom. The van der Waals surface area contributed by atoms with E-state index in [1.54, 1.807) is 24.2 Å². The predicted molar refractivity (Wildman–Crippen MR) is 206 cm³/mol. The Labute approximate surface area is 305 Å². The minimum Gasteiger partial charge on any atom is -0.265 e. The Balaban J connectivity index is 1.17. The third kappa shape index (κ3) is 4.64. The molecular weight excluding hydrogens is 655 g/mol. The molecule has 6 aromatic carbocycles. The SMILES string of the molecule is N#Cc1ccc2c(c1)Sc1ccccc1C21c2ccccc2-c2cc(-c3nc(-c4ccccc4)nc(-c4ccc(-c5ccncc5)cc4)n3)ccc21. The first-order valence-corrected chi connectivity index (χ1v) is 17.9. The van der Waals surface area contributed by atoms with E-state index < -0.39 is 5.41 Å². The molecule has 1 spiro atoms. The van der Waals surface area contributed by atoms with Crippen LogP contribution in [-0.2, 0) is 5.41 Å². The highest BCUT2D eigenvalue weighted by molar-refractivity contribution is 7.99. The van der Waals surface area contributed by atoms with Crippen molar-refractivity contribution in [3.8, 4) is 62.5 Å². The fourth-order valence-electron chi connectivity index (χ4n) is 7.83. The summed E-state index contributed by atoms with van der Waals surface area (Å²) in [6.07, 6.45) is 3.61. The third-order valence-corrected chi connectivity index (χ3v) is 11.3. The summed E-state index contributed by atoms with van der Waals surface area (Å²) in [5.74, 6) is 1.85. The van der Waals surface area contributed by atoms with E-state index in [2.05, 4.69) is 108 Å². The molecule has 1 aliphatic carbocycles. The summed E-state index contributed by atoms with van der Waals surface area (Å²) < 4.78 is 0. The summed E-state index contributed by atoms with van der Waals surface area (Å²) in [5.41, 5.74) is 12.3. The fraction of sp³-hybridized carbons (Fsp3) is 0.0217. The molecule has 242 valence electrons. The van der Waals surface area contributed by atoms with Crippen LogP contribution >= 0.6 is 11.8 Å². The van der Waals surface area contributed by atoms with E-state index in [-0.39, 0.29) is 0 Å². The monoisotopic (exact) mass is 681 g/mol. The molecule has 1 atom stereocenters. The van der Waals surface area contributed by atoms with E-state index in [1.807, 2.05) is 54.6 Å². The summed E-state index contributed by atoms with van der Waals surface area (Å²) in [6, 6.07) is 55.0. The van der Waals surface area contributed by atoms with Crippen molar-refractivity contribution in [2.75, 3.05) is 0 Å². The molecule has 0 amide bonds. The van der Waals surface area contributed by atoms with E-state index >= 15 is 0 Å². The van der Waals surface area contributed by atoms with Gasteiger partial charge in [0, 0.05) is 38.9 Å². The number of fused-ring (bicyclic) bond motifs is 9. The highest BCUT2D eigenvalue weighted by atomic mass is 32.2. The summed E-state index contributed by atoms with van der Waals surface area (Å²) >= 11 is 1.74. The van der Waals surface area contributed by atoms with Gasteiger partial charge in [0.05, 0.1) is 17.0 Å². The second kappa shape index (κ2) is 12.0. The topological polar surface area (TPSA) is 75.3 Å². The quantitative estimate of drug-likeness (QED) is 0.184. The predicted octanol–water partition coefficient (Wildman–Crippen LogP) is 10.6. The van der Waals surface area contributed by atoms with Gasteiger partial charge in [0.15, 0.2) is 17.5 Å². The van der Waals surface area contributed by atoms with Crippen molar-refractivity contribution in [2.24, 2.45) is 0 Å². The molecule has 8 aromatic rings. The summed E-state index contributed by atoms with van der Waals surface area (Å²) in [7, 11) is 0. The van der Waals surface area contributed by atoms with Crippen LogP contribution in [0, 0.1) is 11.3 Å². The lowest BCUT2D eigenvalue weighted by Gasteiger charge is -2.39. The van der Waals surface area contributed by atoms with E-state index in [9.17, 15) is 5.26 Å². The molecule has 1 unspecified atom stereocenters. The number of rotatable bonds is 4. The second-order valence-electron chi connectivity index (χ2n) is 13.0. The van der Waals surface area contributed by atoms with Crippen molar-refractivity contribution in [3.05, 3.63) is 192 Å². The minimum absolute atomic E-state index is 0.536. The molecule has 3 heterocycles. The Morgan fingerprint density at radius 3 is 1.77 bits per heavy atom. The van der Waals surface area contributed by atoms with Crippen LogP contribution in [-0.4, -0.2) is 19.9 Å². The first kappa shape index (κ1) is 30.2. The first-order valence-electron chi connectivity index (χ1n) is 17.1. The molecule has 0 fully saturated rings. The van der Waals surface area contributed by atoms with Crippen LogP contribution in [0.5, 0.6) is 0 Å². The molecule has 10 rings (SSSR count). The van der Waals surface area contributed by atoms with Gasteiger partial charge in [0.1, 0.15) is 0 Å². The van der Waals surface area contributed by atoms with Crippen molar-refractivity contribution in [1.29, 1.82) is 5.26 Å². The minimum atomic E-state index is -0.536. The van der Waals surface area contributed by atoms with Crippen LogP contribution in [0.4, 0.5) is 0 Å². The normalized spacial score (nSPS) is 14.9. The highest BCUT2D eigenvalue weighted by Crippen LogP contribution is 2.62. The van der Waals surface area contributed by atoms with Crippen LogP contribution in [0.25, 0.3) is 56.4 Å². The van der Waals surface area contributed by atoms with Crippen LogP contribution in [0.1, 0.15) is 27.8 Å². The number of pyridine rings is 1. The van der Waals surface area contributed by atoms with E-state index in [0.717, 1.165) is 38.3 Å². The largest absolute Gasteiger partial charge is 0.265 e. The zero-order valence-electron chi connectivity index (χ0n) is 27.7. The zero-order valence-corrected chi connectivity index (χ0v) is 28.5. The van der Waals surface area contributed by atoms with Gasteiger partial charge in [-0.2, -0.15) is 5.26 Å². The molecule has 0 saturated carbocycles. The second-order valence-corrected chi connectivity index (χ2v) is 14.0. The van der Waals surface area contributed by atoms with Crippen molar-refractivity contribution in [3.63, 3.8) is 0 Å². The van der Waals surface area contributed by atoms with Gasteiger partial charge in [-0.25, -0.2) is 15.0 Å². The van der Waals surface area contributed by atoms with Gasteiger partial charge < -0.3 is 0 Å². The smallest absolute Gasteiger partial charge is 0.164 e. The van der Waals surface area contributed by atoms with Gasteiger partial charge in [0.25, 0.3) is 0 Å². The fourth-order valence-corrected chi connectivity index (χ4v) is 9.06. The highest BCUT2D eigenvalue weighted by Gasteiger charge is 2.50. The molecule has 52 heavy (non-hydrogen) atoms. The molecule has 0 N–H and O–H groups in total. The Hall–Kier alpha value is -6.68. The number of aromatic nitrogens is 4. The number of hydrogen-bond acceptors (Lipinski definition) is 6. The summed E-state index contributed by atoms with van der Waals surface area (Å²) in [5, 5.41) is 9.81. The van der Waals surface area contributed by atoms with Crippen LogP contribution in [0.15, 0.2) is 174 Å². The maximum atomic E-state index is 9.81. The number of hydrogen-bond donors (Lipinski definition) is 0. The van der Waals surface area contributed by atoms with Gasteiger partial charge >= 0.3 is 0 Å². The van der Waals surface area contributed by atoms with Crippen LogP contribution in [0.3, 0.4) is 0 Å². The maximum Gasteiger partial charge on any atom is 0.164 e. The van der Waals surface area contributed by atoms with Crippen molar-refractivity contribution >= 4 is 11.8 Å². The molecule has 2 aliphatic rings. The Kier molecular flexibility index (Phi) is 6.95. The zero-order chi connectivity index (χ0) is 34.6. The lowest BCUT2D eigenvalue weighted by atomic mass is 9.67. The van der Waals surface area contributed by atoms with Gasteiger partial charge in [-0.05, 0) is 80.9 Å². The lowest BCUT2D eigenvalue weighted by Crippen LogP contribution is -2.32. The molecule has 6 heteroatoms. The molecular formula is C46H27N5S. The number of nitrogens with zero attached hydrogens (tertiary/aromatic N) is 5.